The van der Waals surface area contributed by atoms with Gasteiger partial charge in [-0.15, -0.1) is 0 Å². The molecule has 0 saturated carbocycles. The van der Waals surface area contributed by atoms with Gasteiger partial charge in [-0.3, -0.25) is 9.59 Å². The van der Waals surface area contributed by atoms with Crippen LogP contribution in [0.15, 0.2) is 42.5 Å². The second kappa shape index (κ2) is 12.9. The maximum absolute atomic E-state index is 12.2. The number of nitrogens with zero attached hydrogens (tertiary/aromatic N) is 1. The molecule has 5 heteroatoms. The van der Waals surface area contributed by atoms with Crippen molar-refractivity contribution in [3.05, 3.63) is 48.0 Å². The lowest BCUT2D eigenvalue weighted by Crippen LogP contribution is -2.33. The van der Waals surface area contributed by atoms with Crippen molar-refractivity contribution >= 4 is 11.9 Å². The fourth-order valence-electron chi connectivity index (χ4n) is 3.55. The van der Waals surface area contributed by atoms with Crippen molar-refractivity contribution in [2.75, 3.05) is 6.54 Å². The first-order valence-corrected chi connectivity index (χ1v) is 10.9. The van der Waals surface area contributed by atoms with E-state index in [4.69, 9.17) is 5.11 Å². The van der Waals surface area contributed by atoms with Crippen LogP contribution in [-0.2, 0) is 9.59 Å². The molecule has 1 aliphatic heterocycles. The molecule has 2 rings (SSSR count). The van der Waals surface area contributed by atoms with E-state index in [-0.39, 0.29) is 24.3 Å². The summed E-state index contributed by atoms with van der Waals surface area (Å²) in [5.41, 5.74) is 0.970. The number of carboxylic acids is 1. The van der Waals surface area contributed by atoms with Gasteiger partial charge in [-0.05, 0) is 37.3 Å². The third-order valence-electron chi connectivity index (χ3n) is 5.46. The Labute approximate surface area is 179 Å². The van der Waals surface area contributed by atoms with Crippen LogP contribution in [0.1, 0.15) is 63.9 Å². The molecular formula is C25H33NO4. The monoisotopic (exact) mass is 411 g/mol. The number of aliphatic hydroxyl groups is 1. The smallest absolute Gasteiger partial charge is 0.303 e. The van der Waals surface area contributed by atoms with E-state index in [1.165, 1.54) is 0 Å². The maximum atomic E-state index is 12.2. The summed E-state index contributed by atoms with van der Waals surface area (Å²) in [5, 5.41) is 19.1. The molecule has 2 N–H and O–H groups in total. The molecule has 3 atom stereocenters. The minimum absolute atomic E-state index is 0.0113. The summed E-state index contributed by atoms with van der Waals surface area (Å²) in [6.45, 7) is 2.67. The lowest BCUT2D eigenvalue weighted by molar-refractivity contribution is -0.137. The van der Waals surface area contributed by atoms with Gasteiger partial charge in [0.25, 0.3) is 0 Å². The van der Waals surface area contributed by atoms with Crippen LogP contribution in [0.4, 0.5) is 0 Å². The van der Waals surface area contributed by atoms with Crippen molar-refractivity contribution in [1.29, 1.82) is 0 Å². The van der Waals surface area contributed by atoms with Crippen LogP contribution >= 0.6 is 0 Å². The van der Waals surface area contributed by atoms with Crippen LogP contribution in [0.5, 0.6) is 0 Å². The van der Waals surface area contributed by atoms with Crippen LogP contribution in [0.25, 0.3) is 0 Å². The molecule has 0 unspecified atom stereocenters. The Morgan fingerprint density at radius 2 is 1.97 bits per heavy atom. The van der Waals surface area contributed by atoms with Gasteiger partial charge in [0.15, 0.2) is 0 Å². The van der Waals surface area contributed by atoms with Gasteiger partial charge in [-0.2, -0.15) is 0 Å². The first kappa shape index (κ1) is 23.7. The number of benzene rings is 1. The highest BCUT2D eigenvalue weighted by molar-refractivity contribution is 5.79. The molecule has 5 nitrogen and oxygen atoms in total. The fraction of sp³-hybridized carbons (Fsp3) is 0.520. The molecule has 0 aliphatic carbocycles. The summed E-state index contributed by atoms with van der Waals surface area (Å²) in [6, 6.07) is 9.83. The number of carbonyl (C=O) groups is 2. The second-order valence-corrected chi connectivity index (χ2v) is 7.98. The number of aliphatic hydroxyl groups excluding tert-OH is 1. The van der Waals surface area contributed by atoms with Crippen LogP contribution in [0.3, 0.4) is 0 Å². The van der Waals surface area contributed by atoms with E-state index in [1.54, 1.807) is 6.08 Å². The zero-order valence-electron chi connectivity index (χ0n) is 17.8. The van der Waals surface area contributed by atoms with E-state index in [0.717, 1.165) is 31.2 Å². The third kappa shape index (κ3) is 8.42. The average molecular weight is 412 g/mol. The van der Waals surface area contributed by atoms with Crippen molar-refractivity contribution in [2.45, 2.75) is 70.4 Å². The Hall–Kier alpha value is -2.58. The van der Waals surface area contributed by atoms with E-state index in [9.17, 15) is 14.7 Å². The van der Waals surface area contributed by atoms with Gasteiger partial charge in [0.1, 0.15) is 0 Å². The number of carboxylic acid groups (broad SMARTS) is 1. The van der Waals surface area contributed by atoms with Crippen molar-refractivity contribution in [3.8, 4) is 11.8 Å². The van der Waals surface area contributed by atoms with E-state index in [2.05, 4.69) is 11.8 Å². The molecule has 0 bridgehead atoms. The van der Waals surface area contributed by atoms with Crippen molar-refractivity contribution in [3.63, 3.8) is 0 Å². The SMILES string of the molecule is C[C@@H](CC#Cc1ccccc1)[C@@H](O)C=C[C@H]1CCC(=O)N1CCCCCCC(=O)O. The van der Waals surface area contributed by atoms with E-state index < -0.39 is 12.1 Å². The Kier molecular flexibility index (Phi) is 10.2. The average Bonchev–Trinajstić information content (AvgIpc) is 3.08. The molecule has 0 aromatic heterocycles. The van der Waals surface area contributed by atoms with Crippen molar-refractivity contribution in [2.24, 2.45) is 5.92 Å². The molecule has 30 heavy (non-hydrogen) atoms. The van der Waals surface area contributed by atoms with Crippen LogP contribution < -0.4 is 0 Å². The number of aliphatic carboxylic acids is 1. The molecule has 1 heterocycles. The minimum atomic E-state index is -0.756. The van der Waals surface area contributed by atoms with E-state index in [1.807, 2.05) is 48.2 Å². The molecule has 1 aromatic carbocycles. The lowest BCUT2D eigenvalue weighted by Gasteiger charge is -2.23. The second-order valence-electron chi connectivity index (χ2n) is 7.98. The third-order valence-corrected chi connectivity index (χ3v) is 5.46. The summed E-state index contributed by atoms with van der Waals surface area (Å²) in [4.78, 5) is 24.6. The minimum Gasteiger partial charge on any atom is -0.481 e. The molecule has 1 saturated heterocycles. The largest absolute Gasteiger partial charge is 0.481 e. The summed E-state index contributed by atoms with van der Waals surface area (Å²) in [7, 11) is 0. The Morgan fingerprint density at radius 3 is 2.70 bits per heavy atom. The highest BCUT2D eigenvalue weighted by Gasteiger charge is 2.28. The Balaban J connectivity index is 1.76. The number of hydrogen-bond acceptors (Lipinski definition) is 3. The molecule has 0 radical (unpaired) electrons. The summed E-state index contributed by atoms with van der Waals surface area (Å²) >= 11 is 0. The number of hydrogen-bond donors (Lipinski definition) is 2. The molecule has 1 aliphatic rings. The number of likely N-dealkylation sites (tertiary alicyclic amines) is 1. The normalized spacial score (nSPS) is 18.3. The quantitative estimate of drug-likeness (QED) is 0.328. The van der Waals surface area contributed by atoms with Crippen molar-refractivity contribution in [1.82, 2.24) is 4.90 Å². The van der Waals surface area contributed by atoms with Crippen LogP contribution in [0, 0.1) is 17.8 Å². The first-order chi connectivity index (χ1) is 14.5. The molecular weight excluding hydrogens is 378 g/mol. The van der Waals surface area contributed by atoms with Gasteiger partial charge in [0.05, 0.1) is 12.1 Å². The Morgan fingerprint density at radius 1 is 1.23 bits per heavy atom. The number of carbonyl (C=O) groups excluding carboxylic acids is 1. The number of unbranched alkanes of at least 4 members (excludes halogenated alkanes) is 3. The first-order valence-electron chi connectivity index (χ1n) is 10.9. The molecule has 1 fully saturated rings. The highest BCUT2D eigenvalue weighted by Crippen LogP contribution is 2.22. The number of rotatable bonds is 11. The predicted molar refractivity (Wildman–Crippen MR) is 118 cm³/mol. The summed E-state index contributed by atoms with van der Waals surface area (Å²) in [5.74, 6) is 5.66. The molecule has 0 spiro atoms. The molecule has 162 valence electrons. The Bertz CT molecular complexity index is 762. The van der Waals surface area contributed by atoms with Crippen LogP contribution in [0.2, 0.25) is 0 Å². The fourth-order valence-corrected chi connectivity index (χ4v) is 3.55. The van der Waals surface area contributed by atoms with Gasteiger partial charge >= 0.3 is 5.97 Å². The molecule has 1 amide bonds. The lowest BCUT2D eigenvalue weighted by atomic mass is 9.99. The maximum Gasteiger partial charge on any atom is 0.303 e. The highest BCUT2D eigenvalue weighted by atomic mass is 16.4. The zero-order valence-corrected chi connectivity index (χ0v) is 17.8. The van der Waals surface area contributed by atoms with Gasteiger partial charge < -0.3 is 15.1 Å². The standard InChI is InChI=1S/C25H33NO4/c1-20(10-9-13-21-11-5-4-6-12-21)23(27)17-15-22-16-18-24(28)26(22)19-8-3-2-7-14-25(29)30/h4-6,11-12,15,17,20,22-23,27H,2-3,7-8,10,14,16,18-19H2,1H3,(H,29,30)/t20-,22-,23-/m0/s1. The topological polar surface area (TPSA) is 77.8 Å². The predicted octanol–water partition coefficient (Wildman–Crippen LogP) is 4.01. The van der Waals surface area contributed by atoms with Gasteiger partial charge in [-0.1, -0.05) is 62.0 Å². The van der Waals surface area contributed by atoms with Gasteiger partial charge in [0, 0.05) is 31.4 Å². The molecule has 1 aromatic rings. The number of amides is 1. The van der Waals surface area contributed by atoms with Crippen molar-refractivity contribution < 1.29 is 19.8 Å². The summed E-state index contributed by atoms with van der Waals surface area (Å²) in [6.07, 6.45) is 8.66. The van der Waals surface area contributed by atoms with E-state index >= 15 is 0 Å². The van der Waals surface area contributed by atoms with Gasteiger partial charge in [0.2, 0.25) is 5.91 Å². The summed E-state index contributed by atoms with van der Waals surface area (Å²) < 4.78 is 0. The van der Waals surface area contributed by atoms with Gasteiger partial charge in [-0.25, -0.2) is 0 Å². The van der Waals surface area contributed by atoms with E-state index in [0.29, 0.717) is 25.8 Å². The van der Waals surface area contributed by atoms with Crippen LogP contribution in [-0.4, -0.2) is 45.7 Å². The zero-order chi connectivity index (χ0) is 21.8.